The van der Waals surface area contributed by atoms with Crippen LogP contribution in [-0.2, 0) is 14.8 Å². The van der Waals surface area contributed by atoms with E-state index in [0.29, 0.717) is 12.1 Å². The van der Waals surface area contributed by atoms with Crippen molar-refractivity contribution >= 4 is 16.0 Å². The normalized spacial score (nSPS) is 15.1. The van der Waals surface area contributed by atoms with Gasteiger partial charge in [0.15, 0.2) is 0 Å². The molecule has 0 bridgehead atoms. The predicted molar refractivity (Wildman–Crippen MR) is 88.9 cm³/mol. The number of hydrogen-bond acceptors (Lipinski definition) is 4. The van der Waals surface area contributed by atoms with Crippen molar-refractivity contribution in [3.8, 4) is 0 Å². The number of carbonyl (C=O) groups excluding carboxylic acids is 1. The number of esters is 1. The Bertz CT molecular complexity index is 707. The smallest absolute Gasteiger partial charge is 0.338 e. The monoisotopic (exact) mass is 337 g/mol. The molecule has 1 aromatic carbocycles. The topological polar surface area (TPSA) is 72.5 Å². The number of methoxy groups -OCH3 is 1. The molecule has 6 heteroatoms. The Balaban J connectivity index is 2.07. The van der Waals surface area contributed by atoms with Crippen LogP contribution in [0.25, 0.3) is 0 Å². The second-order valence-electron chi connectivity index (χ2n) is 5.72. The maximum absolute atomic E-state index is 12.4. The van der Waals surface area contributed by atoms with Gasteiger partial charge >= 0.3 is 5.97 Å². The van der Waals surface area contributed by atoms with Crippen molar-refractivity contribution in [2.24, 2.45) is 0 Å². The van der Waals surface area contributed by atoms with Gasteiger partial charge in [0.25, 0.3) is 0 Å². The molecule has 0 saturated carbocycles. The SMILES string of the molecule is COC(=O)c1cc(S(=O)(=O)NCCC2=CCCCC2)ccc1C. The third kappa shape index (κ3) is 4.65. The molecule has 0 spiro atoms. The molecule has 5 nitrogen and oxygen atoms in total. The van der Waals surface area contributed by atoms with Crippen LogP contribution in [-0.4, -0.2) is 28.0 Å². The minimum atomic E-state index is -3.63. The summed E-state index contributed by atoms with van der Waals surface area (Å²) in [5.41, 5.74) is 2.27. The first-order chi connectivity index (χ1) is 10.9. The summed E-state index contributed by atoms with van der Waals surface area (Å²) in [4.78, 5) is 11.8. The number of rotatable bonds is 6. The van der Waals surface area contributed by atoms with Gasteiger partial charge in [0, 0.05) is 6.54 Å². The Labute approximate surface area is 137 Å². The highest BCUT2D eigenvalue weighted by atomic mass is 32.2. The first kappa shape index (κ1) is 17.7. The molecule has 2 rings (SSSR count). The number of benzene rings is 1. The van der Waals surface area contributed by atoms with Crippen LogP contribution in [0.3, 0.4) is 0 Å². The van der Waals surface area contributed by atoms with Gasteiger partial charge in [-0.15, -0.1) is 0 Å². The Morgan fingerprint density at radius 2 is 2.09 bits per heavy atom. The summed E-state index contributed by atoms with van der Waals surface area (Å²) in [6.07, 6.45) is 7.48. The van der Waals surface area contributed by atoms with E-state index in [-0.39, 0.29) is 10.5 Å². The highest BCUT2D eigenvalue weighted by Crippen LogP contribution is 2.20. The third-order valence-corrected chi connectivity index (χ3v) is 5.51. The number of sulfonamides is 1. The highest BCUT2D eigenvalue weighted by Gasteiger charge is 2.18. The number of carbonyl (C=O) groups is 1. The van der Waals surface area contributed by atoms with E-state index in [9.17, 15) is 13.2 Å². The number of allylic oxidation sites excluding steroid dienone is 1. The molecule has 126 valence electrons. The van der Waals surface area contributed by atoms with Gasteiger partial charge in [-0.1, -0.05) is 17.7 Å². The molecular formula is C17H23NO4S. The zero-order valence-corrected chi connectivity index (χ0v) is 14.4. The first-order valence-corrected chi connectivity index (χ1v) is 9.29. The van der Waals surface area contributed by atoms with Crippen LogP contribution in [0.15, 0.2) is 34.7 Å². The summed E-state index contributed by atoms with van der Waals surface area (Å²) >= 11 is 0. The van der Waals surface area contributed by atoms with E-state index in [1.807, 2.05) is 0 Å². The van der Waals surface area contributed by atoms with Crippen molar-refractivity contribution in [3.63, 3.8) is 0 Å². The van der Waals surface area contributed by atoms with Gasteiger partial charge < -0.3 is 4.74 Å². The second-order valence-corrected chi connectivity index (χ2v) is 7.49. The number of nitrogens with one attached hydrogen (secondary N) is 1. The zero-order valence-electron chi connectivity index (χ0n) is 13.6. The van der Waals surface area contributed by atoms with Gasteiger partial charge in [-0.25, -0.2) is 17.9 Å². The summed E-state index contributed by atoms with van der Waals surface area (Å²) in [6.45, 7) is 2.11. The number of aryl methyl sites for hydroxylation is 1. The lowest BCUT2D eigenvalue weighted by Gasteiger charge is -2.13. The van der Waals surface area contributed by atoms with Crippen molar-refractivity contribution in [1.29, 1.82) is 0 Å². The summed E-state index contributed by atoms with van der Waals surface area (Å²) in [7, 11) is -2.35. The Kier molecular flexibility index (Phi) is 5.96. The molecular weight excluding hydrogens is 314 g/mol. The van der Waals surface area contributed by atoms with E-state index in [1.165, 1.54) is 37.7 Å². The van der Waals surface area contributed by atoms with E-state index < -0.39 is 16.0 Å². The van der Waals surface area contributed by atoms with Crippen LogP contribution in [0.5, 0.6) is 0 Å². The molecule has 1 aromatic rings. The lowest BCUT2D eigenvalue weighted by atomic mass is 9.97. The molecule has 23 heavy (non-hydrogen) atoms. The molecule has 0 saturated heterocycles. The molecule has 0 amide bonds. The van der Waals surface area contributed by atoms with Crippen LogP contribution in [0.1, 0.15) is 48.0 Å². The van der Waals surface area contributed by atoms with Gasteiger partial charge in [-0.2, -0.15) is 0 Å². The minimum absolute atomic E-state index is 0.0844. The van der Waals surface area contributed by atoms with Crippen molar-refractivity contribution in [3.05, 3.63) is 41.0 Å². The molecule has 1 N–H and O–H groups in total. The second kappa shape index (κ2) is 7.75. The molecule has 0 aromatic heterocycles. The molecule has 1 aliphatic rings. The van der Waals surface area contributed by atoms with Crippen molar-refractivity contribution in [2.75, 3.05) is 13.7 Å². The minimum Gasteiger partial charge on any atom is -0.465 e. The van der Waals surface area contributed by atoms with E-state index in [4.69, 9.17) is 0 Å². The zero-order chi connectivity index (χ0) is 16.9. The van der Waals surface area contributed by atoms with Crippen LogP contribution in [0.4, 0.5) is 0 Å². The molecule has 0 unspecified atom stereocenters. The predicted octanol–water partition coefficient (Wildman–Crippen LogP) is 2.95. The lowest BCUT2D eigenvalue weighted by molar-refractivity contribution is 0.0599. The maximum atomic E-state index is 12.4. The summed E-state index contributed by atoms with van der Waals surface area (Å²) in [5, 5.41) is 0. The lowest BCUT2D eigenvalue weighted by Crippen LogP contribution is -2.25. The standard InChI is InChI=1S/C17H23NO4S/c1-13-8-9-15(12-16(13)17(19)22-2)23(20,21)18-11-10-14-6-4-3-5-7-14/h6,8-9,12,18H,3-5,7,10-11H2,1-2H3. The number of ether oxygens (including phenoxy) is 1. The van der Waals surface area contributed by atoms with Crippen LogP contribution >= 0.6 is 0 Å². The fourth-order valence-electron chi connectivity index (χ4n) is 2.66. The summed E-state index contributed by atoms with van der Waals surface area (Å²) < 4.78 is 32.0. The van der Waals surface area contributed by atoms with Gasteiger partial charge in [0.1, 0.15) is 0 Å². The summed E-state index contributed by atoms with van der Waals surface area (Å²) in [6, 6.07) is 4.48. The first-order valence-electron chi connectivity index (χ1n) is 7.80. The highest BCUT2D eigenvalue weighted by molar-refractivity contribution is 7.89. The quantitative estimate of drug-likeness (QED) is 0.640. The fourth-order valence-corrected chi connectivity index (χ4v) is 3.72. The number of hydrogen-bond donors (Lipinski definition) is 1. The molecule has 0 radical (unpaired) electrons. The molecule has 0 aliphatic heterocycles. The molecule has 0 atom stereocenters. The van der Waals surface area contributed by atoms with Gasteiger partial charge in [-0.3, -0.25) is 0 Å². The van der Waals surface area contributed by atoms with Crippen LogP contribution < -0.4 is 4.72 Å². The average Bonchev–Trinajstić information content (AvgIpc) is 2.55. The van der Waals surface area contributed by atoms with Gasteiger partial charge in [0.2, 0.25) is 10.0 Å². The van der Waals surface area contributed by atoms with Crippen LogP contribution in [0, 0.1) is 6.92 Å². The van der Waals surface area contributed by atoms with E-state index in [1.54, 1.807) is 13.0 Å². The summed E-state index contributed by atoms with van der Waals surface area (Å²) in [5.74, 6) is -0.535. The van der Waals surface area contributed by atoms with Gasteiger partial charge in [-0.05, 0) is 56.7 Å². The largest absolute Gasteiger partial charge is 0.465 e. The van der Waals surface area contributed by atoms with Crippen molar-refractivity contribution < 1.29 is 17.9 Å². The Morgan fingerprint density at radius 1 is 1.30 bits per heavy atom. The van der Waals surface area contributed by atoms with E-state index in [0.717, 1.165) is 19.3 Å². The van der Waals surface area contributed by atoms with Crippen LogP contribution in [0.2, 0.25) is 0 Å². The molecule has 0 heterocycles. The maximum Gasteiger partial charge on any atom is 0.338 e. The van der Waals surface area contributed by atoms with Crippen molar-refractivity contribution in [1.82, 2.24) is 4.72 Å². The Hall–Kier alpha value is -1.66. The molecule has 1 aliphatic carbocycles. The Morgan fingerprint density at radius 3 is 2.74 bits per heavy atom. The van der Waals surface area contributed by atoms with E-state index in [2.05, 4.69) is 15.5 Å². The van der Waals surface area contributed by atoms with Gasteiger partial charge in [0.05, 0.1) is 17.6 Å². The molecule has 0 fully saturated rings. The fraction of sp³-hybridized carbons (Fsp3) is 0.471. The van der Waals surface area contributed by atoms with Crippen molar-refractivity contribution in [2.45, 2.75) is 43.9 Å². The van der Waals surface area contributed by atoms with E-state index >= 15 is 0 Å². The average molecular weight is 337 g/mol. The third-order valence-electron chi connectivity index (χ3n) is 4.05.